The van der Waals surface area contributed by atoms with Crippen molar-refractivity contribution in [3.63, 3.8) is 0 Å². The molecule has 2 aromatic rings. The molecule has 3 atom stereocenters. The van der Waals surface area contributed by atoms with Gasteiger partial charge in [-0.3, -0.25) is 9.59 Å². The second-order valence-corrected chi connectivity index (χ2v) is 8.42. The van der Waals surface area contributed by atoms with E-state index in [1.165, 1.54) is 0 Å². The number of anilines is 1. The molecule has 0 bridgehead atoms. The number of rotatable bonds is 7. The van der Waals surface area contributed by atoms with Crippen LogP contribution in [0.25, 0.3) is 0 Å². The first kappa shape index (κ1) is 22.5. The van der Waals surface area contributed by atoms with Gasteiger partial charge in [0.15, 0.2) is 6.10 Å². The number of carbonyl (C=O) groups is 3. The molecule has 0 spiro atoms. The van der Waals surface area contributed by atoms with Crippen molar-refractivity contribution in [3.8, 4) is 0 Å². The molecule has 1 N–H and O–H groups in total. The number of hydrogen-bond acceptors (Lipinski definition) is 4. The van der Waals surface area contributed by atoms with Crippen molar-refractivity contribution in [1.82, 2.24) is 5.32 Å². The summed E-state index contributed by atoms with van der Waals surface area (Å²) in [7, 11) is 0. The van der Waals surface area contributed by atoms with Crippen molar-refractivity contribution in [2.45, 2.75) is 58.7 Å². The van der Waals surface area contributed by atoms with Crippen LogP contribution in [-0.4, -0.2) is 36.0 Å². The third kappa shape index (κ3) is 5.32. The Labute approximate surface area is 183 Å². The van der Waals surface area contributed by atoms with Gasteiger partial charge in [0.25, 0.3) is 5.91 Å². The van der Waals surface area contributed by atoms with Crippen molar-refractivity contribution in [1.29, 1.82) is 0 Å². The van der Waals surface area contributed by atoms with Crippen LogP contribution in [0.3, 0.4) is 0 Å². The van der Waals surface area contributed by atoms with Gasteiger partial charge in [0.05, 0.1) is 6.42 Å². The lowest BCUT2D eigenvalue weighted by Crippen LogP contribution is -2.49. The molecule has 0 aromatic heterocycles. The average molecular weight is 423 g/mol. The van der Waals surface area contributed by atoms with Crippen LogP contribution >= 0.6 is 0 Å². The second kappa shape index (κ2) is 9.77. The molecule has 0 radical (unpaired) electrons. The van der Waals surface area contributed by atoms with Crippen molar-refractivity contribution in [2.24, 2.45) is 5.92 Å². The summed E-state index contributed by atoms with van der Waals surface area (Å²) >= 11 is 0. The Morgan fingerprint density at radius 1 is 1.03 bits per heavy atom. The highest BCUT2D eigenvalue weighted by Gasteiger charge is 2.36. The number of carbonyl (C=O) groups excluding carboxylic acids is 3. The van der Waals surface area contributed by atoms with E-state index in [9.17, 15) is 14.4 Å². The Balaban J connectivity index is 1.63. The number of amides is 2. The van der Waals surface area contributed by atoms with Crippen molar-refractivity contribution < 1.29 is 19.1 Å². The predicted molar refractivity (Wildman–Crippen MR) is 120 cm³/mol. The Morgan fingerprint density at radius 3 is 2.35 bits per heavy atom. The van der Waals surface area contributed by atoms with Crippen molar-refractivity contribution in [2.75, 3.05) is 4.90 Å². The fourth-order valence-electron chi connectivity index (χ4n) is 3.90. The molecule has 0 fully saturated rings. The molecule has 1 aliphatic heterocycles. The smallest absolute Gasteiger partial charge is 0.329 e. The zero-order chi connectivity index (χ0) is 22.5. The summed E-state index contributed by atoms with van der Waals surface area (Å²) in [6.07, 6.45) is -0.00549. The minimum Gasteiger partial charge on any atom is -0.451 e. The van der Waals surface area contributed by atoms with Crippen molar-refractivity contribution >= 4 is 23.5 Å². The van der Waals surface area contributed by atoms with Crippen LogP contribution in [0.1, 0.15) is 38.8 Å². The zero-order valence-corrected chi connectivity index (χ0v) is 18.5. The summed E-state index contributed by atoms with van der Waals surface area (Å²) in [4.78, 5) is 40.0. The van der Waals surface area contributed by atoms with Gasteiger partial charge in [0.1, 0.15) is 6.04 Å². The van der Waals surface area contributed by atoms with E-state index in [0.29, 0.717) is 0 Å². The molecule has 0 unspecified atom stereocenters. The number of nitrogens with zero attached hydrogens (tertiary/aromatic N) is 1. The molecule has 1 aliphatic rings. The Morgan fingerprint density at radius 2 is 1.68 bits per heavy atom. The summed E-state index contributed by atoms with van der Waals surface area (Å²) in [5.41, 5.74) is 2.83. The molecule has 6 nitrogen and oxygen atoms in total. The lowest BCUT2D eigenvalue weighted by Gasteiger charge is -2.28. The van der Waals surface area contributed by atoms with E-state index < -0.39 is 18.1 Å². The molecule has 2 amide bonds. The molecular weight excluding hydrogens is 392 g/mol. The first-order valence-corrected chi connectivity index (χ1v) is 10.7. The zero-order valence-electron chi connectivity index (χ0n) is 18.5. The normalized spacial score (nSPS) is 17.1. The molecule has 31 heavy (non-hydrogen) atoms. The van der Waals surface area contributed by atoms with Crippen LogP contribution in [0, 0.1) is 5.92 Å². The van der Waals surface area contributed by atoms with E-state index >= 15 is 0 Å². The van der Waals surface area contributed by atoms with Crippen LogP contribution in [-0.2, 0) is 32.0 Å². The van der Waals surface area contributed by atoms with E-state index in [1.54, 1.807) is 11.8 Å². The quantitative estimate of drug-likeness (QED) is 0.695. The molecule has 0 saturated carbocycles. The summed E-state index contributed by atoms with van der Waals surface area (Å²) in [5, 5.41) is 2.76. The number of benzene rings is 2. The SMILES string of the molecule is CC(C)[C@H](NC(=O)Cc1ccccc1)C(=O)O[C@H](C)C(=O)N1c2ccccc2C[C@H]1C. The minimum atomic E-state index is -0.951. The lowest BCUT2D eigenvalue weighted by molar-refractivity contribution is -0.158. The molecule has 0 aliphatic carbocycles. The van der Waals surface area contributed by atoms with Gasteiger partial charge in [-0.2, -0.15) is 0 Å². The average Bonchev–Trinajstić information content (AvgIpc) is 3.07. The molecule has 6 heteroatoms. The highest BCUT2D eigenvalue weighted by molar-refractivity contribution is 6.00. The topological polar surface area (TPSA) is 75.7 Å². The molecule has 0 saturated heterocycles. The van der Waals surface area contributed by atoms with Crippen LogP contribution < -0.4 is 10.2 Å². The fourth-order valence-corrected chi connectivity index (χ4v) is 3.90. The van der Waals surface area contributed by atoms with Gasteiger partial charge in [-0.15, -0.1) is 0 Å². The lowest BCUT2D eigenvalue weighted by atomic mass is 10.0. The predicted octanol–water partition coefficient (Wildman–Crippen LogP) is 3.28. The van der Waals surface area contributed by atoms with E-state index in [4.69, 9.17) is 4.74 Å². The van der Waals surface area contributed by atoms with Crippen LogP contribution in [0.15, 0.2) is 54.6 Å². The number of fused-ring (bicyclic) bond motifs is 1. The Hall–Kier alpha value is -3.15. The summed E-state index contributed by atoms with van der Waals surface area (Å²) in [5.74, 6) is -1.30. The first-order chi connectivity index (χ1) is 14.8. The highest BCUT2D eigenvalue weighted by atomic mass is 16.5. The van der Waals surface area contributed by atoms with Gasteiger partial charge in [-0.1, -0.05) is 62.4 Å². The van der Waals surface area contributed by atoms with E-state index in [0.717, 1.165) is 23.2 Å². The van der Waals surface area contributed by atoms with Gasteiger partial charge in [0, 0.05) is 11.7 Å². The Kier molecular flexibility index (Phi) is 7.10. The Bertz CT molecular complexity index is 942. The standard InChI is InChI=1S/C25H30N2O4/c1-16(2)23(26-22(28)15-19-10-6-5-7-11-19)25(30)31-18(4)24(29)27-17(3)14-20-12-8-9-13-21(20)27/h5-13,16-18,23H,14-15H2,1-4H3,(H,26,28)/t17-,18-,23+/m1/s1. The molecule has 1 heterocycles. The van der Waals surface area contributed by atoms with Gasteiger partial charge in [0.2, 0.25) is 5.91 Å². The van der Waals surface area contributed by atoms with Crippen LogP contribution in [0.4, 0.5) is 5.69 Å². The van der Waals surface area contributed by atoms with Gasteiger partial charge in [-0.25, -0.2) is 4.79 Å². The summed E-state index contributed by atoms with van der Waals surface area (Å²) < 4.78 is 5.52. The minimum absolute atomic E-state index is 0.00229. The first-order valence-electron chi connectivity index (χ1n) is 10.7. The number of para-hydroxylation sites is 1. The molecule has 164 valence electrons. The van der Waals surface area contributed by atoms with Crippen LogP contribution in [0.5, 0.6) is 0 Å². The maximum absolute atomic E-state index is 13.1. The molecule has 3 rings (SSSR count). The van der Waals surface area contributed by atoms with E-state index in [1.807, 2.05) is 75.4 Å². The van der Waals surface area contributed by atoms with Gasteiger partial charge < -0.3 is 15.0 Å². The van der Waals surface area contributed by atoms with Crippen molar-refractivity contribution in [3.05, 3.63) is 65.7 Å². The van der Waals surface area contributed by atoms with E-state index in [-0.39, 0.29) is 30.2 Å². The van der Waals surface area contributed by atoms with Gasteiger partial charge in [-0.05, 0) is 43.4 Å². The molecular formula is C25H30N2O4. The number of hydrogen-bond donors (Lipinski definition) is 1. The highest BCUT2D eigenvalue weighted by Crippen LogP contribution is 2.32. The summed E-state index contributed by atoms with van der Waals surface area (Å²) in [6.45, 7) is 7.23. The van der Waals surface area contributed by atoms with E-state index in [2.05, 4.69) is 5.32 Å². The largest absolute Gasteiger partial charge is 0.451 e. The second-order valence-electron chi connectivity index (χ2n) is 8.42. The summed E-state index contributed by atoms with van der Waals surface area (Å²) in [6, 6.07) is 16.3. The fraction of sp³-hybridized carbons (Fsp3) is 0.400. The number of ether oxygens (including phenoxy) is 1. The number of esters is 1. The number of nitrogens with one attached hydrogen (secondary N) is 1. The molecule has 2 aromatic carbocycles. The maximum atomic E-state index is 13.1. The van der Waals surface area contributed by atoms with Crippen LogP contribution in [0.2, 0.25) is 0 Å². The monoisotopic (exact) mass is 422 g/mol. The third-order valence-corrected chi connectivity index (χ3v) is 5.53. The third-order valence-electron chi connectivity index (χ3n) is 5.53. The van der Waals surface area contributed by atoms with Gasteiger partial charge >= 0.3 is 5.97 Å². The maximum Gasteiger partial charge on any atom is 0.329 e.